The normalized spacial score (nSPS) is 14.9. The molecule has 150 valence electrons. The van der Waals surface area contributed by atoms with Crippen LogP contribution in [0.4, 0.5) is 11.5 Å². The summed E-state index contributed by atoms with van der Waals surface area (Å²) in [5.74, 6) is 0.938. The molecule has 2 aromatic rings. The monoisotopic (exact) mass is 402 g/mol. The molecule has 1 amide bonds. The van der Waals surface area contributed by atoms with Gasteiger partial charge in [0.25, 0.3) is 5.91 Å². The molecule has 0 N–H and O–H groups in total. The Labute approximate surface area is 166 Å². The highest BCUT2D eigenvalue weighted by Gasteiger charge is 2.24. The molecule has 1 aliphatic rings. The summed E-state index contributed by atoms with van der Waals surface area (Å²) in [7, 11) is -1.83. The van der Waals surface area contributed by atoms with Crippen LogP contribution in [0.2, 0.25) is 0 Å². The third kappa shape index (κ3) is 4.27. The van der Waals surface area contributed by atoms with E-state index in [1.165, 1.54) is 11.4 Å². The Balaban J connectivity index is 1.65. The van der Waals surface area contributed by atoms with Gasteiger partial charge in [-0.1, -0.05) is 6.07 Å². The van der Waals surface area contributed by atoms with E-state index in [0.717, 1.165) is 36.3 Å². The van der Waals surface area contributed by atoms with Crippen LogP contribution in [-0.2, 0) is 10.0 Å². The largest absolute Gasteiger partial charge is 0.353 e. The van der Waals surface area contributed by atoms with Crippen molar-refractivity contribution in [3.05, 3.63) is 53.2 Å². The summed E-state index contributed by atoms with van der Waals surface area (Å²) in [5.41, 5.74) is 3.37. The number of piperazine rings is 1. The van der Waals surface area contributed by atoms with Crippen LogP contribution in [0.1, 0.15) is 21.5 Å². The van der Waals surface area contributed by atoms with Crippen molar-refractivity contribution in [1.29, 1.82) is 0 Å². The molecule has 0 radical (unpaired) electrons. The number of pyridine rings is 1. The lowest BCUT2D eigenvalue weighted by atomic mass is 10.1. The first-order valence-electron chi connectivity index (χ1n) is 9.18. The first-order valence-corrected chi connectivity index (χ1v) is 11.0. The van der Waals surface area contributed by atoms with Crippen LogP contribution in [0.15, 0.2) is 36.5 Å². The molecule has 0 spiro atoms. The molecule has 28 heavy (non-hydrogen) atoms. The maximum Gasteiger partial charge on any atom is 0.253 e. The number of rotatable bonds is 4. The van der Waals surface area contributed by atoms with Crippen molar-refractivity contribution in [2.75, 3.05) is 48.7 Å². The Morgan fingerprint density at radius 2 is 1.68 bits per heavy atom. The van der Waals surface area contributed by atoms with E-state index in [9.17, 15) is 13.2 Å². The number of benzene rings is 1. The van der Waals surface area contributed by atoms with Gasteiger partial charge in [0.1, 0.15) is 5.82 Å². The van der Waals surface area contributed by atoms with Gasteiger partial charge >= 0.3 is 0 Å². The van der Waals surface area contributed by atoms with E-state index in [2.05, 4.69) is 22.9 Å². The third-order valence-electron chi connectivity index (χ3n) is 5.03. The van der Waals surface area contributed by atoms with Gasteiger partial charge in [0.15, 0.2) is 0 Å². The average molecular weight is 403 g/mol. The molecule has 0 bridgehead atoms. The first kappa shape index (κ1) is 20.1. The van der Waals surface area contributed by atoms with Crippen molar-refractivity contribution in [2.24, 2.45) is 0 Å². The lowest BCUT2D eigenvalue weighted by molar-refractivity contribution is 0.0746. The van der Waals surface area contributed by atoms with E-state index >= 15 is 0 Å². The van der Waals surface area contributed by atoms with Crippen LogP contribution >= 0.6 is 0 Å². The third-order valence-corrected chi connectivity index (χ3v) is 6.23. The number of nitrogens with zero attached hydrogens (tertiary/aromatic N) is 4. The molecule has 2 heterocycles. The predicted octanol–water partition coefficient (Wildman–Crippen LogP) is 2.06. The second-order valence-electron chi connectivity index (χ2n) is 7.21. The molecular formula is C20H26N4O3S. The van der Waals surface area contributed by atoms with E-state index < -0.39 is 10.0 Å². The van der Waals surface area contributed by atoms with Gasteiger partial charge in [0.05, 0.1) is 11.9 Å². The molecule has 1 aromatic heterocycles. The van der Waals surface area contributed by atoms with Crippen molar-refractivity contribution in [1.82, 2.24) is 9.88 Å². The van der Waals surface area contributed by atoms with Crippen molar-refractivity contribution in [3.63, 3.8) is 0 Å². The van der Waals surface area contributed by atoms with Crippen LogP contribution in [0, 0.1) is 13.8 Å². The zero-order valence-corrected chi connectivity index (χ0v) is 17.5. The number of anilines is 2. The van der Waals surface area contributed by atoms with Crippen molar-refractivity contribution in [3.8, 4) is 0 Å². The smallest absolute Gasteiger partial charge is 0.253 e. The predicted molar refractivity (Wildman–Crippen MR) is 112 cm³/mol. The highest BCUT2D eigenvalue weighted by Crippen LogP contribution is 2.21. The molecule has 3 rings (SSSR count). The first-order chi connectivity index (χ1) is 13.2. The number of carbonyl (C=O) groups excluding carboxylic acids is 1. The van der Waals surface area contributed by atoms with E-state index in [1.54, 1.807) is 24.3 Å². The Hall–Kier alpha value is -2.61. The minimum atomic E-state index is -3.32. The highest BCUT2D eigenvalue weighted by atomic mass is 32.2. The Kier molecular flexibility index (Phi) is 5.60. The number of aromatic nitrogens is 1. The molecule has 0 saturated carbocycles. The summed E-state index contributed by atoms with van der Waals surface area (Å²) in [4.78, 5) is 21.4. The van der Waals surface area contributed by atoms with Crippen molar-refractivity contribution >= 4 is 27.4 Å². The Morgan fingerprint density at radius 1 is 1.07 bits per heavy atom. The van der Waals surface area contributed by atoms with E-state index in [0.29, 0.717) is 24.3 Å². The van der Waals surface area contributed by atoms with E-state index in [4.69, 9.17) is 0 Å². The van der Waals surface area contributed by atoms with Crippen LogP contribution in [0.3, 0.4) is 0 Å². The molecule has 0 aliphatic carbocycles. The van der Waals surface area contributed by atoms with Crippen molar-refractivity contribution < 1.29 is 13.2 Å². The lowest BCUT2D eigenvalue weighted by Crippen LogP contribution is -2.49. The molecule has 0 atom stereocenters. The second-order valence-corrected chi connectivity index (χ2v) is 9.22. The van der Waals surface area contributed by atoms with Gasteiger partial charge in [-0.15, -0.1) is 0 Å². The van der Waals surface area contributed by atoms with Gasteiger partial charge in [0, 0.05) is 45.0 Å². The summed E-state index contributed by atoms with van der Waals surface area (Å²) in [5, 5.41) is 0. The van der Waals surface area contributed by atoms with Crippen LogP contribution in [0.25, 0.3) is 0 Å². The van der Waals surface area contributed by atoms with Gasteiger partial charge in [-0.25, -0.2) is 13.4 Å². The summed E-state index contributed by atoms with van der Waals surface area (Å²) < 4.78 is 24.4. The fourth-order valence-corrected chi connectivity index (χ4v) is 3.85. The average Bonchev–Trinajstić information content (AvgIpc) is 2.66. The minimum absolute atomic E-state index is 0.0400. The maximum absolute atomic E-state index is 12.8. The summed E-state index contributed by atoms with van der Waals surface area (Å²) in [6.45, 7) is 6.80. The fourth-order valence-electron chi connectivity index (χ4n) is 3.35. The Bertz CT molecular complexity index is 965. The zero-order valence-electron chi connectivity index (χ0n) is 16.7. The van der Waals surface area contributed by atoms with Gasteiger partial charge in [-0.05, 0) is 49.2 Å². The second kappa shape index (κ2) is 7.79. The highest BCUT2D eigenvalue weighted by molar-refractivity contribution is 7.92. The standard InChI is InChI=1S/C20H26N4O3S/c1-15-13-16(2)19(21-14-15)23-9-11-24(12-10-23)20(25)17-5-7-18(8-6-17)22(3)28(4,26)27/h5-8,13-14H,9-12H2,1-4H3. The summed E-state index contributed by atoms with van der Waals surface area (Å²) >= 11 is 0. The molecule has 8 heteroatoms. The number of carbonyl (C=O) groups is 1. The lowest BCUT2D eigenvalue weighted by Gasteiger charge is -2.36. The zero-order chi connectivity index (χ0) is 20.5. The van der Waals surface area contributed by atoms with Gasteiger partial charge in [-0.3, -0.25) is 9.10 Å². The van der Waals surface area contributed by atoms with Gasteiger partial charge in [-0.2, -0.15) is 0 Å². The number of hydrogen-bond acceptors (Lipinski definition) is 5. The summed E-state index contributed by atoms with van der Waals surface area (Å²) in [6, 6.07) is 8.79. The quantitative estimate of drug-likeness (QED) is 0.783. The number of sulfonamides is 1. The van der Waals surface area contributed by atoms with Crippen molar-refractivity contribution in [2.45, 2.75) is 13.8 Å². The Morgan fingerprint density at radius 3 is 2.21 bits per heavy atom. The molecule has 1 aliphatic heterocycles. The van der Waals surface area contributed by atoms with E-state index in [-0.39, 0.29) is 5.91 Å². The van der Waals surface area contributed by atoms with Crippen LogP contribution in [0.5, 0.6) is 0 Å². The molecule has 1 fully saturated rings. The molecule has 0 unspecified atom stereocenters. The molecule has 1 aromatic carbocycles. The topological polar surface area (TPSA) is 73.8 Å². The molecule has 1 saturated heterocycles. The van der Waals surface area contributed by atoms with Gasteiger partial charge < -0.3 is 9.80 Å². The number of hydrogen-bond donors (Lipinski definition) is 0. The maximum atomic E-state index is 12.8. The van der Waals surface area contributed by atoms with Gasteiger partial charge in [0.2, 0.25) is 10.0 Å². The molecular weight excluding hydrogens is 376 g/mol. The SMILES string of the molecule is Cc1cnc(N2CCN(C(=O)c3ccc(N(C)S(C)(=O)=O)cc3)CC2)c(C)c1. The molecule has 7 nitrogen and oxygen atoms in total. The van der Waals surface area contributed by atoms with Crippen LogP contribution < -0.4 is 9.21 Å². The minimum Gasteiger partial charge on any atom is -0.353 e. The number of aryl methyl sites for hydroxylation is 2. The number of amides is 1. The summed E-state index contributed by atoms with van der Waals surface area (Å²) in [6.07, 6.45) is 3.02. The fraction of sp³-hybridized carbons (Fsp3) is 0.400. The van der Waals surface area contributed by atoms with E-state index in [1.807, 2.05) is 18.0 Å². The van der Waals surface area contributed by atoms with Crippen LogP contribution in [-0.4, -0.2) is 63.7 Å².